The Morgan fingerprint density at radius 3 is 2.21 bits per heavy atom. The number of alkyl halides is 2. The number of halogens is 2. The van der Waals surface area contributed by atoms with Gasteiger partial charge in [-0.25, -0.2) is 0 Å². The van der Waals surface area contributed by atoms with Crippen molar-refractivity contribution in [3.05, 3.63) is 35.4 Å². The molecule has 78 valence electrons. The third-order valence-electron chi connectivity index (χ3n) is 2.52. The van der Waals surface area contributed by atoms with Gasteiger partial charge in [0.25, 0.3) is 0 Å². The van der Waals surface area contributed by atoms with Crippen molar-refractivity contribution in [1.29, 1.82) is 0 Å². The molecule has 0 radical (unpaired) electrons. The Bertz CT molecular complexity index is 290. The molecule has 0 nitrogen and oxygen atoms in total. The molecule has 0 fully saturated rings. The van der Waals surface area contributed by atoms with Crippen LogP contribution in [0, 0.1) is 12.3 Å². The minimum Gasteiger partial charge on any atom is -0.126 e. The summed E-state index contributed by atoms with van der Waals surface area (Å²) in [4.78, 5) is 0. The molecule has 1 rings (SSSR count). The first-order valence-electron chi connectivity index (χ1n) is 4.78. The van der Waals surface area contributed by atoms with Gasteiger partial charge in [0, 0.05) is 11.8 Å². The molecule has 0 saturated heterocycles. The van der Waals surface area contributed by atoms with Gasteiger partial charge in [0.15, 0.2) is 0 Å². The van der Waals surface area contributed by atoms with E-state index in [0.29, 0.717) is 11.8 Å². The van der Waals surface area contributed by atoms with Crippen LogP contribution in [-0.4, -0.2) is 11.8 Å². The van der Waals surface area contributed by atoms with E-state index in [4.69, 9.17) is 23.2 Å². The van der Waals surface area contributed by atoms with Gasteiger partial charge in [0.05, 0.1) is 0 Å². The van der Waals surface area contributed by atoms with Crippen molar-refractivity contribution in [1.82, 2.24) is 0 Å². The lowest BCUT2D eigenvalue weighted by Crippen LogP contribution is -2.24. The predicted octanol–water partition coefficient (Wildman–Crippen LogP) is 4.02. The van der Waals surface area contributed by atoms with Crippen molar-refractivity contribution in [2.75, 3.05) is 11.8 Å². The Morgan fingerprint density at radius 2 is 1.71 bits per heavy atom. The fourth-order valence-electron chi connectivity index (χ4n) is 1.40. The van der Waals surface area contributed by atoms with E-state index in [-0.39, 0.29) is 5.41 Å². The van der Waals surface area contributed by atoms with Crippen LogP contribution in [0.2, 0.25) is 0 Å². The van der Waals surface area contributed by atoms with Gasteiger partial charge < -0.3 is 0 Å². The van der Waals surface area contributed by atoms with Crippen molar-refractivity contribution in [3.63, 3.8) is 0 Å². The molecule has 0 amide bonds. The standard InChI is InChI=1S/C12H16Cl2/c1-10-5-3-4-6-11(10)7-12(2,8-13)9-14/h3-6H,7-9H2,1-2H3. The van der Waals surface area contributed by atoms with Gasteiger partial charge in [-0.2, -0.15) is 0 Å². The lowest BCUT2D eigenvalue weighted by molar-refractivity contribution is 0.424. The first kappa shape index (κ1) is 11.9. The maximum Gasteiger partial charge on any atom is 0.0291 e. The van der Waals surface area contributed by atoms with Gasteiger partial charge in [0.2, 0.25) is 0 Å². The van der Waals surface area contributed by atoms with Crippen LogP contribution in [-0.2, 0) is 6.42 Å². The molecular weight excluding hydrogens is 215 g/mol. The van der Waals surface area contributed by atoms with Gasteiger partial charge in [-0.15, -0.1) is 23.2 Å². The summed E-state index contributed by atoms with van der Waals surface area (Å²) < 4.78 is 0. The SMILES string of the molecule is Cc1ccccc1CC(C)(CCl)CCl. The Kier molecular flexibility index (Phi) is 4.28. The van der Waals surface area contributed by atoms with Crippen molar-refractivity contribution in [2.45, 2.75) is 20.3 Å². The smallest absolute Gasteiger partial charge is 0.0291 e. The molecule has 0 heterocycles. The molecule has 0 bridgehead atoms. The highest BCUT2D eigenvalue weighted by atomic mass is 35.5. The van der Waals surface area contributed by atoms with E-state index in [2.05, 4.69) is 38.1 Å². The Balaban J connectivity index is 2.82. The predicted molar refractivity (Wildman–Crippen MR) is 64.4 cm³/mol. The van der Waals surface area contributed by atoms with Crippen LogP contribution in [0.25, 0.3) is 0 Å². The minimum atomic E-state index is 0.00915. The first-order valence-corrected chi connectivity index (χ1v) is 5.85. The van der Waals surface area contributed by atoms with Gasteiger partial charge in [-0.1, -0.05) is 31.2 Å². The van der Waals surface area contributed by atoms with E-state index in [1.54, 1.807) is 0 Å². The zero-order valence-electron chi connectivity index (χ0n) is 8.69. The summed E-state index contributed by atoms with van der Waals surface area (Å²) in [6, 6.07) is 8.38. The number of benzene rings is 1. The summed E-state index contributed by atoms with van der Waals surface area (Å²) in [6.07, 6.45) is 0.951. The average molecular weight is 231 g/mol. The summed E-state index contributed by atoms with van der Waals surface area (Å²) in [6.45, 7) is 4.25. The van der Waals surface area contributed by atoms with E-state index in [9.17, 15) is 0 Å². The summed E-state index contributed by atoms with van der Waals surface area (Å²) in [5.74, 6) is 1.20. The maximum atomic E-state index is 5.93. The quantitative estimate of drug-likeness (QED) is 0.686. The van der Waals surface area contributed by atoms with Crippen molar-refractivity contribution < 1.29 is 0 Å². The number of hydrogen-bond acceptors (Lipinski definition) is 0. The zero-order valence-corrected chi connectivity index (χ0v) is 10.2. The Hall–Kier alpha value is -0.200. The van der Waals surface area contributed by atoms with Crippen LogP contribution >= 0.6 is 23.2 Å². The molecule has 14 heavy (non-hydrogen) atoms. The Labute approximate surface area is 96.2 Å². The second-order valence-corrected chi connectivity index (χ2v) is 4.72. The molecule has 0 aliphatic carbocycles. The highest BCUT2D eigenvalue weighted by molar-refractivity contribution is 6.21. The second kappa shape index (κ2) is 5.04. The highest BCUT2D eigenvalue weighted by Crippen LogP contribution is 2.27. The molecule has 1 aromatic rings. The Morgan fingerprint density at radius 1 is 1.14 bits per heavy atom. The van der Waals surface area contributed by atoms with Gasteiger partial charge in [-0.3, -0.25) is 0 Å². The number of hydrogen-bond donors (Lipinski definition) is 0. The third-order valence-corrected chi connectivity index (χ3v) is 3.81. The molecule has 0 spiro atoms. The third kappa shape index (κ3) is 2.90. The zero-order chi connectivity index (χ0) is 10.6. The number of rotatable bonds is 4. The summed E-state index contributed by atoms with van der Waals surface area (Å²) in [5.41, 5.74) is 2.67. The molecule has 2 heteroatoms. The summed E-state index contributed by atoms with van der Waals surface area (Å²) in [5, 5.41) is 0. The molecule has 0 N–H and O–H groups in total. The number of aryl methyl sites for hydroxylation is 1. The largest absolute Gasteiger partial charge is 0.126 e. The molecular formula is C12H16Cl2. The monoisotopic (exact) mass is 230 g/mol. The van der Waals surface area contributed by atoms with Crippen molar-refractivity contribution in [3.8, 4) is 0 Å². The van der Waals surface area contributed by atoms with Crippen LogP contribution in [0.5, 0.6) is 0 Å². The van der Waals surface area contributed by atoms with Crippen LogP contribution in [0.15, 0.2) is 24.3 Å². The summed E-state index contributed by atoms with van der Waals surface area (Å²) in [7, 11) is 0. The fourth-order valence-corrected chi connectivity index (χ4v) is 1.87. The molecule has 0 atom stereocenters. The van der Waals surface area contributed by atoms with Crippen LogP contribution in [0.4, 0.5) is 0 Å². The van der Waals surface area contributed by atoms with Crippen molar-refractivity contribution >= 4 is 23.2 Å². The van der Waals surface area contributed by atoms with E-state index in [1.165, 1.54) is 11.1 Å². The van der Waals surface area contributed by atoms with E-state index in [1.807, 2.05) is 0 Å². The lowest BCUT2D eigenvalue weighted by atomic mass is 9.86. The van der Waals surface area contributed by atoms with E-state index < -0.39 is 0 Å². The second-order valence-electron chi connectivity index (χ2n) is 4.18. The first-order chi connectivity index (χ1) is 6.61. The normalized spacial score (nSPS) is 11.7. The van der Waals surface area contributed by atoms with Crippen LogP contribution in [0.1, 0.15) is 18.1 Å². The van der Waals surface area contributed by atoms with Gasteiger partial charge in [0.1, 0.15) is 0 Å². The molecule has 0 unspecified atom stereocenters. The molecule has 0 saturated carbocycles. The molecule has 0 aromatic heterocycles. The van der Waals surface area contributed by atoms with E-state index >= 15 is 0 Å². The average Bonchev–Trinajstić information content (AvgIpc) is 2.21. The minimum absolute atomic E-state index is 0.00915. The summed E-state index contributed by atoms with van der Waals surface area (Å²) >= 11 is 11.9. The van der Waals surface area contributed by atoms with Crippen molar-refractivity contribution in [2.24, 2.45) is 5.41 Å². The van der Waals surface area contributed by atoms with Crippen LogP contribution in [0.3, 0.4) is 0 Å². The lowest BCUT2D eigenvalue weighted by Gasteiger charge is -2.25. The maximum absolute atomic E-state index is 5.93. The van der Waals surface area contributed by atoms with Gasteiger partial charge >= 0.3 is 0 Å². The fraction of sp³-hybridized carbons (Fsp3) is 0.500. The highest BCUT2D eigenvalue weighted by Gasteiger charge is 2.22. The molecule has 0 aliphatic rings. The molecule has 1 aromatic carbocycles. The van der Waals surface area contributed by atoms with Gasteiger partial charge in [-0.05, 0) is 29.9 Å². The van der Waals surface area contributed by atoms with Crippen LogP contribution < -0.4 is 0 Å². The molecule has 0 aliphatic heterocycles. The van der Waals surface area contributed by atoms with E-state index in [0.717, 1.165) is 6.42 Å². The topological polar surface area (TPSA) is 0 Å².